The number of aryl methyl sites for hydroxylation is 3. The van der Waals surface area contributed by atoms with Crippen molar-refractivity contribution in [2.45, 2.75) is 45.1 Å². The molecule has 164 valence electrons. The number of fused-ring (bicyclic) bond motifs is 1. The first-order valence-electron chi connectivity index (χ1n) is 10.8. The van der Waals surface area contributed by atoms with Gasteiger partial charge in [0.25, 0.3) is 0 Å². The molecule has 0 N–H and O–H groups in total. The molecule has 0 aliphatic carbocycles. The first-order valence-corrected chi connectivity index (χ1v) is 12.6. The number of thioether (sulfide) groups is 1. The maximum Gasteiger partial charge on any atom is 0.229 e. The molecule has 0 aliphatic heterocycles. The number of hydrogen-bond donors (Lipinski definition) is 0. The summed E-state index contributed by atoms with van der Waals surface area (Å²) in [7, 11) is 0. The fourth-order valence-electron chi connectivity index (χ4n) is 3.60. The van der Waals surface area contributed by atoms with E-state index in [1.165, 1.54) is 21.6 Å². The van der Waals surface area contributed by atoms with Gasteiger partial charge < -0.3 is 0 Å². The van der Waals surface area contributed by atoms with E-state index in [1.807, 2.05) is 23.2 Å². The zero-order valence-electron chi connectivity index (χ0n) is 18.7. The maximum atomic E-state index is 13.3. The Morgan fingerprint density at radius 3 is 2.62 bits per heavy atom. The van der Waals surface area contributed by atoms with Crippen LogP contribution in [-0.4, -0.2) is 21.6 Å². The van der Waals surface area contributed by atoms with E-state index < -0.39 is 0 Å². The number of rotatable bonds is 8. The van der Waals surface area contributed by atoms with Gasteiger partial charge in [-0.1, -0.05) is 41.2 Å². The minimum Gasteiger partial charge on any atom is -0.284 e. The van der Waals surface area contributed by atoms with Gasteiger partial charge in [0.15, 0.2) is 5.13 Å². The molecule has 0 unspecified atom stereocenters. The monoisotopic (exact) mass is 461 g/mol. The summed E-state index contributed by atoms with van der Waals surface area (Å²) in [5.41, 5.74) is 5.61. The minimum absolute atomic E-state index is 0.104. The summed E-state index contributed by atoms with van der Waals surface area (Å²) in [5.74, 6) is 1.01. The second kappa shape index (κ2) is 10.3. The highest BCUT2D eigenvalue weighted by Gasteiger charge is 2.21. The average Bonchev–Trinajstić information content (AvgIpc) is 3.21. The van der Waals surface area contributed by atoms with Crippen LogP contribution in [0.15, 0.2) is 65.8 Å². The molecule has 2 heterocycles. The molecule has 4 aromatic rings. The number of nitrogens with zero attached hydrogens (tertiary/aromatic N) is 3. The van der Waals surface area contributed by atoms with Crippen LogP contribution in [0.3, 0.4) is 0 Å². The van der Waals surface area contributed by atoms with Crippen molar-refractivity contribution in [2.75, 3.05) is 10.7 Å². The summed E-state index contributed by atoms with van der Waals surface area (Å²) in [4.78, 5) is 25.4. The normalized spacial score (nSPS) is 11.1. The van der Waals surface area contributed by atoms with Gasteiger partial charge in [0, 0.05) is 23.7 Å². The van der Waals surface area contributed by atoms with Crippen molar-refractivity contribution in [3.8, 4) is 0 Å². The van der Waals surface area contributed by atoms with Crippen molar-refractivity contribution in [3.63, 3.8) is 0 Å². The molecule has 0 fully saturated rings. The van der Waals surface area contributed by atoms with Crippen LogP contribution in [0.25, 0.3) is 10.2 Å². The minimum atomic E-state index is 0.104. The summed E-state index contributed by atoms with van der Waals surface area (Å²) in [6, 6.07) is 16.7. The van der Waals surface area contributed by atoms with E-state index in [2.05, 4.69) is 62.2 Å². The van der Waals surface area contributed by atoms with Crippen molar-refractivity contribution in [2.24, 2.45) is 0 Å². The Labute approximate surface area is 197 Å². The molecule has 0 saturated heterocycles. The Morgan fingerprint density at radius 2 is 1.88 bits per heavy atom. The lowest BCUT2D eigenvalue weighted by Crippen LogP contribution is -2.30. The van der Waals surface area contributed by atoms with Gasteiger partial charge in [0.2, 0.25) is 5.91 Å². The van der Waals surface area contributed by atoms with E-state index in [0.29, 0.717) is 13.0 Å². The summed E-state index contributed by atoms with van der Waals surface area (Å²) in [5, 5.41) is 0.758. The highest BCUT2D eigenvalue weighted by molar-refractivity contribution is 7.99. The van der Waals surface area contributed by atoms with Crippen LogP contribution >= 0.6 is 23.1 Å². The molecule has 0 saturated carbocycles. The summed E-state index contributed by atoms with van der Waals surface area (Å²) in [6.45, 7) is 6.76. The number of benzene rings is 2. The van der Waals surface area contributed by atoms with Crippen LogP contribution in [0.4, 0.5) is 5.13 Å². The summed E-state index contributed by atoms with van der Waals surface area (Å²) < 4.78 is 1.14. The first-order chi connectivity index (χ1) is 15.5. The van der Waals surface area contributed by atoms with Crippen molar-refractivity contribution >= 4 is 44.4 Å². The quantitative estimate of drug-likeness (QED) is 0.216. The molecule has 0 spiro atoms. The fourth-order valence-corrected chi connectivity index (χ4v) is 5.49. The highest BCUT2D eigenvalue weighted by atomic mass is 32.2. The molecule has 1 amide bonds. The lowest BCUT2D eigenvalue weighted by Gasteiger charge is -2.20. The summed E-state index contributed by atoms with van der Waals surface area (Å²) >= 11 is 3.39. The van der Waals surface area contributed by atoms with Gasteiger partial charge in [0.1, 0.15) is 0 Å². The smallest absolute Gasteiger partial charge is 0.229 e. The first kappa shape index (κ1) is 22.5. The molecule has 2 aromatic heterocycles. The van der Waals surface area contributed by atoms with Crippen molar-refractivity contribution in [1.82, 2.24) is 9.97 Å². The predicted molar refractivity (Wildman–Crippen MR) is 136 cm³/mol. The van der Waals surface area contributed by atoms with Crippen molar-refractivity contribution in [1.29, 1.82) is 0 Å². The number of anilines is 1. The van der Waals surface area contributed by atoms with Crippen LogP contribution in [0.1, 0.15) is 35.1 Å². The van der Waals surface area contributed by atoms with E-state index in [0.717, 1.165) is 33.1 Å². The molecule has 32 heavy (non-hydrogen) atoms. The van der Waals surface area contributed by atoms with Gasteiger partial charge in [-0.2, -0.15) is 0 Å². The standard InChI is InChI=1S/C26H27N3OS2/c1-18-8-10-22(11-9-18)31-13-5-7-24(30)29(17-21-6-4-12-27-16-21)26-28-23-15-19(2)14-20(3)25(23)32-26/h4,6,8-12,14-16H,5,7,13,17H2,1-3H3. The summed E-state index contributed by atoms with van der Waals surface area (Å²) in [6.07, 6.45) is 4.88. The molecule has 0 atom stereocenters. The zero-order valence-corrected chi connectivity index (χ0v) is 20.3. The molecule has 0 aliphatic rings. The molecule has 0 radical (unpaired) electrons. The van der Waals surface area contributed by atoms with Gasteiger partial charge >= 0.3 is 0 Å². The van der Waals surface area contributed by atoms with Crippen LogP contribution in [0, 0.1) is 20.8 Å². The Bertz CT molecular complexity index is 1200. The lowest BCUT2D eigenvalue weighted by molar-refractivity contribution is -0.118. The van der Waals surface area contributed by atoms with Crippen LogP contribution in [0.5, 0.6) is 0 Å². The molecule has 4 nitrogen and oxygen atoms in total. The molecule has 6 heteroatoms. The number of hydrogen-bond acceptors (Lipinski definition) is 5. The van der Waals surface area contributed by atoms with Gasteiger partial charge in [-0.05, 0) is 73.9 Å². The van der Waals surface area contributed by atoms with Crippen LogP contribution in [-0.2, 0) is 11.3 Å². The number of carbonyl (C=O) groups excluding carboxylic acids is 1. The molecule has 2 aromatic carbocycles. The number of pyridine rings is 1. The topological polar surface area (TPSA) is 46.1 Å². The Balaban J connectivity index is 1.49. The zero-order chi connectivity index (χ0) is 22.5. The van der Waals surface area contributed by atoms with Gasteiger partial charge in [0.05, 0.1) is 16.8 Å². The molecular weight excluding hydrogens is 434 g/mol. The van der Waals surface area contributed by atoms with Crippen LogP contribution < -0.4 is 4.90 Å². The van der Waals surface area contributed by atoms with Crippen molar-refractivity contribution < 1.29 is 4.79 Å². The lowest BCUT2D eigenvalue weighted by atomic mass is 10.1. The van der Waals surface area contributed by atoms with Gasteiger partial charge in [-0.3, -0.25) is 14.7 Å². The Kier molecular flexibility index (Phi) is 7.22. The third kappa shape index (κ3) is 5.56. The molecule has 4 rings (SSSR count). The highest BCUT2D eigenvalue weighted by Crippen LogP contribution is 2.33. The second-order valence-electron chi connectivity index (χ2n) is 8.03. The van der Waals surface area contributed by atoms with Crippen LogP contribution in [0.2, 0.25) is 0 Å². The van der Waals surface area contributed by atoms with Gasteiger partial charge in [-0.15, -0.1) is 11.8 Å². The number of aromatic nitrogens is 2. The van der Waals surface area contributed by atoms with Crippen molar-refractivity contribution in [3.05, 3.63) is 83.2 Å². The van der Waals surface area contributed by atoms with E-state index in [-0.39, 0.29) is 5.91 Å². The number of carbonyl (C=O) groups is 1. The predicted octanol–water partition coefficient (Wildman–Crippen LogP) is 6.72. The number of thiazole rings is 1. The van der Waals surface area contributed by atoms with E-state index in [1.54, 1.807) is 29.3 Å². The molecule has 0 bridgehead atoms. The third-order valence-corrected chi connectivity index (χ3v) is 7.56. The Hall–Kier alpha value is -2.70. The number of amides is 1. The van der Waals surface area contributed by atoms with E-state index in [4.69, 9.17) is 4.98 Å². The second-order valence-corrected chi connectivity index (χ2v) is 10.2. The third-order valence-electron chi connectivity index (χ3n) is 5.23. The van der Waals surface area contributed by atoms with E-state index >= 15 is 0 Å². The SMILES string of the molecule is Cc1ccc(SCCCC(=O)N(Cc2cccnc2)c2nc3cc(C)cc(C)c3s2)cc1. The Morgan fingerprint density at radius 1 is 1.06 bits per heavy atom. The fraction of sp³-hybridized carbons (Fsp3) is 0.269. The average molecular weight is 462 g/mol. The maximum absolute atomic E-state index is 13.3. The largest absolute Gasteiger partial charge is 0.284 e. The van der Waals surface area contributed by atoms with Gasteiger partial charge in [-0.25, -0.2) is 4.98 Å². The molecular formula is C26H27N3OS2. The van der Waals surface area contributed by atoms with E-state index in [9.17, 15) is 4.79 Å².